The summed E-state index contributed by atoms with van der Waals surface area (Å²) in [7, 11) is 0. The van der Waals surface area contributed by atoms with Crippen molar-refractivity contribution in [2.75, 3.05) is 0 Å². The summed E-state index contributed by atoms with van der Waals surface area (Å²) in [6.45, 7) is 42.0. The Balaban J connectivity index is -0.000000594. The number of aryl methyl sites for hydroxylation is 1. The second kappa shape index (κ2) is 22.2. The lowest BCUT2D eigenvalue weighted by atomic mass is 9.76. The lowest BCUT2D eigenvalue weighted by molar-refractivity contribution is 0.624. The Kier molecular flexibility index (Phi) is 23.3. The third kappa shape index (κ3) is 16.9. The van der Waals surface area contributed by atoms with Gasteiger partial charge in [0.2, 0.25) is 0 Å². The molecule has 0 aliphatic carbocycles. The van der Waals surface area contributed by atoms with Crippen molar-refractivity contribution in [3.63, 3.8) is 0 Å². The fourth-order valence-electron chi connectivity index (χ4n) is 3.40. The highest BCUT2D eigenvalue weighted by Crippen LogP contribution is 2.33. The molecule has 0 N–H and O–H groups in total. The van der Waals surface area contributed by atoms with Gasteiger partial charge in [-0.15, -0.1) is 0 Å². The second-order valence-electron chi connectivity index (χ2n) is 10.8. The predicted molar refractivity (Wildman–Crippen MR) is 186 cm³/mol. The molecule has 0 nitrogen and oxygen atoms in total. The Morgan fingerprint density at radius 2 is 1.44 bits per heavy atom. The van der Waals surface area contributed by atoms with E-state index in [1.54, 1.807) is 0 Å². The van der Waals surface area contributed by atoms with Gasteiger partial charge in [-0.1, -0.05) is 158 Å². The zero-order valence-corrected chi connectivity index (χ0v) is 28.9. The van der Waals surface area contributed by atoms with E-state index in [0.29, 0.717) is 5.92 Å². The number of rotatable bonds is 9. The molecular formula is C39H64. The van der Waals surface area contributed by atoms with Gasteiger partial charge in [0.05, 0.1) is 0 Å². The summed E-state index contributed by atoms with van der Waals surface area (Å²) < 4.78 is 0. The molecule has 0 amide bonds. The topological polar surface area (TPSA) is 0 Å². The molecule has 1 rings (SSSR count). The van der Waals surface area contributed by atoms with Gasteiger partial charge in [0.15, 0.2) is 0 Å². The fraction of sp³-hybridized carbons (Fsp3) is 0.487. The van der Waals surface area contributed by atoms with E-state index in [4.69, 9.17) is 0 Å². The Labute approximate surface area is 246 Å². The van der Waals surface area contributed by atoms with Gasteiger partial charge in [0.25, 0.3) is 0 Å². The molecule has 0 saturated heterocycles. The van der Waals surface area contributed by atoms with Crippen LogP contribution in [0.4, 0.5) is 0 Å². The summed E-state index contributed by atoms with van der Waals surface area (Å²) in [5, 5.41) is 0. The van der Waals surface area contributed by atoms with Gasteiger partial charge in [-0.3, -0.25) is 0 Å². The molecule has 0 aliphatic rings. The molecule has 1 aromatic rings. The van der Waals surface area contributed by atoms with Gasteiger partial charge in [-0.2, -0.15) is 0 Å². The van der Waals surface area contributed by atoms with E-state index in [9.17, 15) is 0 Å². The standard InChI is InChI=1S/C19H30.C16H22.2C2H6/c1-9-18(12-15(4)5)19(11-10-14(2)3)13-17(8)16(6)7;1-7-8-14-10-9-13(4)11-15(14)16(5,6)12(2)3;2*1-2/h10-13,16H,2,9H2,1,3-8H3;7-11H,2H2,1,3-6H3;2*1-2H3/b11-10-,17-13+,19-18+;8-7+;;. The Hall–Kier alpha value is -2.60. The van der Waals surface area contributed by atoms with Crippen LogP contribution >= 0.6 is 0 Å². The number of allylic oxidation sites excluding steroid dienone is 11. The van der Waals surface area contributed by atoms with E-state index in [1.165, 1.54) is 44.6 Å². The van der Waals surface area contributed by atoms with Crippen molar-refractivity contribution in [3.8, 4) is 0 Å². The highest BCUT2D eigenvalue weighted by Gasteiger charge is 2.23. The summed E-state index contributed by atoms with van der Waals surface area (Å²) in [6.07, 6.45) is 14.2. The third-order valence-electron chi connectivity index (χ3n) is 6.35. The molecule has 0 aliphatic heterocycles. The molecule has 0 unspecified atom stereocenters. The van der Waals surface area contributed by atoms with Crippen LogP contribution in [0.15, 0.2) is 95.2 Å². The smallest absolute Gasteiger partial charge is 0.0106 e. The Morgan fingerprint density at radius 1 is 0.897 bits per heavy atom. The molecule has 0 fully saturated rings. The minimum absolute atomic E-state index is 0.0286. The molecule has 0 aromatic heterocycles. The monoisotopic (exact) mass is 533 g/mol. The molecule has 1 aromatic carbocycles. The van der Waals surface area contributed by atoms with Gasteiger partial charge in [0.1, 0.15) is 0 Å². The van der Waals surface area contributed by atoms with E-state index in [-0.39, 0.29) is 5.41 Å². The van der Waals surface area contributed by atoms with Gasteiger partial charge < -0.3 is 0 Å². The van der Waals surface area contributed by atoms with E-state index in [1.807, 2.05) is 34.6 Å². The summed E-state index contributed by atoms with van der Waals surface area (Å²) in [6, 6.07) is 6.62. The van der Waals surface area contributed by atoms with Crippen LogP contribution in [-0.2, 0) is 5.41 Å². The van der Waals surface area contributed by atoms with Crippen molar-refractivity contribution in [1.82, 2.24) is 0 Å². The highest BCUT2D eigenvalue weighted by molar-refractivity contribution is 5.58. The Morgan fingerprint density at radius 3 is 1.82 bits per heavy atom. The largest absolute Gasteiger partial charge is 0.0993 e. The number of hydrogen-bond donors (Lipinski definition) is 0. The van der Waals surface area contributed by atoms with Crippen LogP contribution in [0.25, 0.3) is 6.08 Å². The van der Waals surface area contributed by atoms with Crippen molar-refractivity contribution in [1.29, 1.82) is 0 Å². The maximum absolute atomic E-state index is 4.11. The zero-order chi connectivity index (χ0) is 31.3. The first-order valence-electron chi connectivity index (χ1n) is 15.0. The van der Waals surface area contributed by atoms with Crippen molar-refractivity contribution >= 4 is 6.08 Å². The first-order chi connectivity index (χ1) is 18.2. The van der Waals surface area contributed by atoms with Crippen LogP contribution in [0.5, 0.6) is 0 Å². The average Bonchev–Trinajstić information content (AvgIpc) is 2.88. The highest BCUT2D eigenvalue weighted by atomic mass is 14.3. The van der Waals surface area contributed by atoms with Crippen LogP contribution in [0, 0.1) is 12.8 Å². The minimum atomic E-state index is 0.0286. The molecule has 0 saturated carbocycles. The summed E-state index contributed by atoms with van der Waals surface area (Å²) >= 11 is 0. The van der Waals surface area contributed by atoms with Crippen molar-refractivity contribution in [3.05, 3.63) is 112 Å². The molecule has 0 radical (unpaired) electrons. The third-order valence-corrected chi connectivity index (χ3v) is 6.35. The quantitative estimate of drug-likeness (QED) is 0.219. The van der Waals surface area contributed by atoms with E-state index >= 15 is 0 Å². The van der Waals surface area contributed by atoms with E-state index < -0.39 is 0 Å². The van der Waals surface area contributed by atoms with Gasteiger partial charge in [-0.25, -0.2) is 0 Å². The second-order valence-corrected chi connectivity index (χ2v) is 10.8. The van der Waals surface area contributed by atoms with Crippen molar-refractivity contribution in [2.45, 2.75) is 123 Å². The van der Waals surface area contributed by atoms with Crippen LogP contribution in [0.1, 0.15) is 127 Å². The molecular weight excluding hydrogens is 468 g/mol. The summed E-state index contributed by atoms with van der Waals surface area (Å²) in [5.74, 6) is 0.582. The molecule has 0 atom stereocenters. The number of benzene rings is 1. The molecule has 220 valence electrons. The number of hydrogen-bond acceptors (Lipinski definition) is 0. The summed E-state index contributed by atoms with van der Waals surface area (Å²) in [4.78, 5) is 0. The van der Waals surface area contributed by atoms with Crippen molar-refractivity contribution in [2.24, 2.45) is 5.92 Å². The molecule has 0 spiro atoms. The molecule has 0 heterocycles. The molecule has 0 bridgehead atoms. The van der Waals surface area contributed by atoms with E-state index in [2.05, 4.69) is 144 Å². The first kappa shape index (κ1) is 40.9. The van der Waals surface area contributed by atoms with Crippen LogP contribution in [0.2, 0.25) is 0 Å². The van der Waals surface area contributed by atoms with Crippen LogP contribution in [0.3, 0.4) is 0 Å². The first-order valence-corrected chi connectivity index (χ1v) is 15.0. The normalized spacial score (nSPS) is 12.0. The lowest BCUT2D eigenvalue weighted by Crippen LogP contribution is -2.19. The fourth-order valence-corrected chi connectivity index (χ4v) is 3.40. The van der Waals surface area contributed by atoms with Crippen molar-refractivity contribution < 1.29 is 0 Å². The maximum Gasteiger partial charge on any atom is 0.0106 e. The zero-order valence-electron chi connectivity index (χ0n) is 28.9. The molecule has 39 heavy (non-hydrogen) atoms. The minimum Gasteiger partial charge on any atom is -0.0993 e. The van der Waals surface area contributed by atoms with Gasteiger partial charge in [0, 0.05) is 5.41 Å². The SMILES string of the molecule is C=C(C)C(C)(C)c1cc(C)ccc1/C=C/C.C=C(C)\C=C/C(/C=C(\C)C(C)C)=C(\C=C(C)C)CC.CC.CC. The van der Waals surface area contributed by atoms with Gasteiger partial charge in [-0.05, 0) is 83.1 Å². The average molecular weight is 533 g/mol. The summed E-state index contributed by atoms with van der Waals surface area (Å²) in [5.41, 5.74) is 11.7. The lowest BCUT2D eigenvalue weighted by Gasteiger charge is -2.28. The predicted octanol–water partition coefficient (Wildman–Crippen LogP) is 13.3. The van der Waals surface area contributed by atoms with Crippen LogP contribution < -0.4 is 0 Å². The Bertz CT molecular complexity index is 1010. The van der Waals surface area contributed by atoms with Crippen LogP contribution in [-0.4, -0.2) is 0 Å². The molecule has 0 heteroatoms. The van der Waals surface area contributed by atoms with E-state index in [0.717, 1.165) is 12.0 Å². The van der Waals surface area contributed by atoms with Gasteiger partial charge >= 0.3 is 0 Å². The maximum atomic E-state index is 4.11.